The molecule has 1 N–H and O–H groups in total. The average molecular weight is 250 g/mol. The van der Waals surface area contributed by atoms with Crippen molar-refractivity contribution in [1.82, 2.24) is 20.1 Å². The Bertz CT molecular complexity index is 493. The van der Waals surface area contributed by atoms with Gasteiger partial charge in [-0.3, -0.25) is 4.68 Å². The number of hydrogen-bond acceptors (Lipinski definition) is 4. The van der Waals surface area contributed by atoms with Crippen molar-refractivity contribution in [1.29, 1.82) is 0 Å². The molecule has 0 fully saturated rings. The summed E-state index contributed by atoms with van der Waals surface area (Å²) in [7, 11) is 1.93. The monoisotopic (exact) mass is 250 g/mol. The third kappa shape index (κ3) is 3.14. The molecule has 2 heterocycles. The lowest BCUT2D eigenvalue weighted by atomic mass is 10.1. The number of nitrogens with one attached hydrogen (secondary N) is 1. The molecule has 2 aromatic heterocycles. The Morgan fingerprint density at radius 3 is 2.76 bits per heavy atom. The molecular weight excluding hydrogens is 232 g/mol. The molecule has 0 atom stereocenters. The van der Waals surface area contributed by atoms with E-state index in [2.05, 4.69) is 41.6 Å². The highest BCUT2D eigenvalue weighted by Gasteiger charge is 2.11. The molecule has 0 saturated carbocycles. The minimum absolute atomic E-state index is 0.123. The molecule has 0 radical (unpaired) electrons. The summed E-state index contributed by atoms with van der Waals surface area (Å²) in [5.41, 5.74) is 2.18. The van der Waals surface area contributed by atoms with Crippen LogP contribution in [0.4, 0.5) is 0 Å². The van der Waals surface area contributed by atoms with Crippen molar-refractivity contribution in [3.8, 4) is 11.4 Å². The van der Waals surface area contributed by atoms with E-state index in [1.165, 1.54) is 0 Å². The molecular formula is C12H18N4S. The van der Waals surface area contributed by atoms with Crippen LogP contribution in [0.5, 0.6) is 0 Å². The van der Waals surface area contributed by atoms with Crippen LogP contribution < -0.4 is 5.32 Å². The maximum atomic E-state index is 4.61. The van der Waals surface area contributed by atoms with E-state index in [1.807, 2.05) is 17.8 Å². The standard InChI is InChI=1S/C12H18N4S/c1-12(2,3)13-7-11-15-9(8-17-11)10-5-6-14-16(10)4/h5-6,8,13H,7H2,1-4H3. The lowest BCUT2D eigenvalue weighted by molar-refractivity contribution is 0.424. The van der Waals surface area contributed by atoms with Crippen LogP contribution >= 0.6 is 11.3 Å². The van der Waals surface area contributed by atoms with Crippen molar-refractivity contribution in [2.45, 2.75) is 32.9 Å². The van der Waals surface area contributed by atoms with Gasteiger partial charge in [-0.1, -0.05) is 0 Å². The van der Waals surface area contributed by atoms with E-state index in [4.69, 9.17) is 0 Å². The van der Waals surface area contributed by atoms with Crippen molar-refractivity contribution in [3.63, 3.8) is 0 Å². The lowest BCUT2D eigenvalue weighted by Gasteiger charge is -2.19. The van der Waals surface area contributed by atoms with Gasteiger partial charge in [-0.15, -0.1) is 11.3 Å². The van der Waals surface area contributed by atoms with Gasteiger partial charge >= 0.3 is 0 Å². The Balaban J connectivity index is 2.09. The van der Waals surface area contributed by atoms with Crippen LogP contribution in [0, 0.1) is 0 Å². The van der Waals surface area contributed by atoms with Gasteiger partial charge in [0.05, 0.1) is 11.4 Å². The SMILES string of the molecule is Cn1nccc1-c1csc(CNC(C)(C)C)n1. The summed E-state index contributed by atoms with van der Waals surface area (Å²) in [5, 5.41) is 10.8. The normalized spacial score (nSPS) is 12.0. The molecule has 0 aliphatic rings. The summed E-state index contributed by atoms with van der Waals surface area (Å²) >= 11 is 1.68. The van der Waals surface area contributed by atoms with Gasteiger partial charge in [0, 0.05) is 30.7 Å². The Labute approximate surface area is 106 Å². The van der Waals surface area contributed by atoms with Crippen molar-refractivity contribution in [3.05, 3.63) is 22.7 Å². The average Bonchev–Trinajstić information content (AvgIpc) is 2.81. The van der Waals surface area contributed by atoms with Crippen molar-refractivity contribution >= 4 is 11.3 Å². The van der Waals surface area contributed by atoms with Crippen LogP contribution in [0.25, 0.3) is 11.4 Å². The lowest BCUT2D eigenvalue weighted by Crippen LogP contribution is -2.34. The molecule has 0 bridgehead atoms. The molecule has 0 amide bonds. The first-order chi connectivity index (χ1) is 7.96. The number of aromatic nitrogens is 3. The van der Waals surface area contributed by atoms with Crippen LogP contribution in [0.3, 0.4) is 0 Å². The fourth-order valence-corrected chi connectivity index (χ4v) is 2.20. The first-order valence-corrected chi connectivity index (χ1v) is 6.51. The summed E-state index contributed by atoms with van der Waals surface area (Å²) < 4.78 is 1.84. The maximum Gasteiger partial charge on any atom is 0.107 e. The Kier molecular flexibility index (Phi) is 3.31. The number of aryl methyl sites for hydroxylation is 1. The predicted octanol–water partition coefficient (Wildman–Crippen LogP) is 2.43. The fourth-order valence-electron chi connectivity index (χ4n) is 1.48. The first kappa shape index (κ1) is 12.3. The fraction of sp³-hybridized carbons (Fsp3) is 0.500. The molecule has 2 aromatic rings. The smallest absolute Gasteiger partial charge is 0.107 e. The minimum Gasteiger partial charge on any atom is -0.306 e. The van der Waals surface area contributed by atoms with Gasteiger partial charge in [-0.05, 0) is 26.8 Å². The Morgan fingerprint density at radius 1 is 1.41 bits per heavy atom. The number of hydrogen-bond donors (Lipinski definition) is 1. The summed E-state index contributed by atoms with van der Waals surface area (Å²) in [6.07, 6.45) is 1.79. The quantitative estimate of drug-likeness (QED) is 0.909. The molecule has 92 valence electrons. The van der Waals surface area contributed by atoms with E-state index < -0.39 is 0 Å². The van der Waals surface area contributed by atoms with Crippen LogP contribution in [-0.4, -0.2) is 20.3 Å². The summed E-state index contributed by atoms with van der Waals surface area (Å²) in [6, 6.07) is 1.98. The molecule has 4 nitrogen and oxygen atoms in total. The molecule has 0 aliphatic carbocycles. The molecule has 0 aromatic carbocycles. The molecule has 0 unspecified atom stereocenters. The third-order valence-electron chi connectivity index (χ3n) is 2.41. The van der Waals surface area contributed by atoms with E-state index in [-0.39, 0.29) is 5.54 Å². The summed E-state index contributed by atoms with van der Waals surface area (Å²) in [5.74, 6) is 0. The van der Waals surface area contributed by atoms with E-state index in [0.29, 0.717) is 0 Å². The molecule has 17 heavy (non-hydrogen) atoms. The second kappa shape index (κ2) is 4.58. The minimum atomic E-state index is 0.123. The third-order valence-corrected chi connectivity index (χ3v) is 3.25. The zero-order valence-corrected chi connectivity index (χ0v) is 11.5. The topological polar surface area (TPSA) is 42.7 Å². The summed E-state index contributed by atoms with van der Waals surface area (Å²) in [6.45, 7) is 7.28. The molecule has 0 spiro atoms. The van der Waals surface area contributed by atoms with Crippen LogP contribution in [0.15, 0.2) is 17.6 Å². The summed E-state index contributed by atoms with van der Waals surface area (Å²) in [4.78, 5) is 4.61. The van der Waals surface area contributed by atoms with Crippen LogP contribution in [0.1, 0.15) is 25.8 Å². The predicted molar refractivity (Wildman–Crippen MR) is 70.9 cm³/mol. The van der Waals surface area contributed by atoms with Crippen LogP contribution in [-0.2, 0) is 13.6 Å². The molecule has 0 aliphatic heterocycles. The van der Waals surface area contributed by atoms with E-state index in [1.54, 1.807) is 17.5 Å². The second-order valence-electron chi connectivity index (χ2n) is 5.07. The Hall–Kier alpha value is -1.20. The number of nitrogens with zero attached hydrogens (tertiary/aromatic N) is 3. The van der Waals surface area contributed by atoms with Crippen LogP contribution in [0.2, 0.25) is 0 Å². The van der Waals surface area contributed by atoms with Crippen molar-refractivity contribution < 1.29 is 0 Å². The Morgan fingerprint density at radius 2 is 2.18 bits per heavy atom. The second-order valence-corrected chi connectivity index (χ2v) is 6.01. The van der Waals surface area contributed by atoms with Crippen molar-refractivity contribution in [2.75, 3.05) is 0 Å². The molecule has 2 rings (SSSR count). The maximum absolute atomic E-state index is 4.61. The largest absolute Gasteiger partial charge is 0.306 e. The van der Waals surface area contributed by atoms with Gasteiger partial charge in [0.15, 0.2) is 0 Å². The highest BCUT2D eigenvalue weighted by atomic mass is 32.1. The highest BCUT2D eigenvalue weighted by Crippen LogP contribution is 2.21. The van der Waals surface area contributed by atoms with Gasteiger partial charge < -0.3 is 5.32 Å². The zero-order chi connectivity index (χ0) is 12.5. The zero-order valence-electron chi connectivity index (χ0n) is 10.7. The van der Waals surface area contributed by atoms with Gasteiger partial charge in [0.25, 0.3) is 0 Å². The highest BCUT2D eigenvalue weighted by molar-refractivity contribution is 7.09. The van der Waals surface area contributed by atoms with Gasteiger partial charge in [0.1, 0.15) is 5.01 Å². The first-order valence-electron chi connectivity index (χ1n) is 5.63. The van der Waals surface area contributed by atoms with E-state index in [9.17, 15) is 0 Å². The molecule has 5 heteroatoms. The van der Waals surface area contributed by atoms with E-state index >= 15 is 0 Å². The van der Waals surface area contributed by atoms with Gasteiger partial charge in [-0.2, -0.15) is 5.10 Å². The van der Waals surface area contributed by atoms with Crippen molar-refractivity contribution in [2.24, 2.45) is 7.05 Å². The molecule has 0 saturated heterocycles. The van der Waals surface area contributed by atoms with Gasteiger partial charge in [0.2, 0.25) is 0 Å². The number of rotatable bonds is 3. The number of thiazole rings is 1. The van der Waals surface area contributed by atoms with E-state index in [0.717, 1.165) is 22.9 Å². The van der Waals surface area contributed by atoms with Gasteiger partial charge in [-0.25, -0.2) is 4.98 Å².